The highest BCUT2D eigenvalue weighted by molar-refractivity contribution is 6.31. The molecule has 3 rings (SSSR count). The van der Waals surface area contributed by atoms with Crippen molar-refractivity contribution in [1.82, 2.24) is 0 Å². The molecule has 28 heavy (non-hydrogen) atoms. The van der Waals surface area contributed by atoms with Gasteiger partial charge in [0.25, 0.3) is 0 Å². The summed E-state index contributed by atoms with van der Waals surface area (Å²) in [5.74, 6) is 0.435. The minimum Gasteiger partial charge on any atom is -0.497 e. The van der Waals surface area contributed by atoms with Gasteiger partial charge in [-0.2, -0.15) is 0 Å². The first-order valence-electron chi connectivity index (χ1n) is 9.19. The Morgan fingerprint density at radius 3 is 2.86 bits per heavy atom. The van der Waals surface area contributed by atoms with Gasteiger partial charge in [-0.3, -0.25) is 9.59 Å². The molecule has 1 aliphatic heterocycles. The van der Waals surface area contributed by atoms with Gasteiger partial charge in [-0.05, 0) is 36.8 Å². The lowest BCUT2D eigenvalue weighted by Crippen LogP contribution is -2.28. The molecule has 2 aromatic carbocycles. The number of nitrogens with zero attached hydrogens (tertiary/aromatic N) is 1. The van der Waals surface area contributed by atoms with Crippen LogP contribution >= 0.6 is 11.6 Å². The zero-order chi connectivity index (χ0) is 20.1. The molecule has 1 atom stereocenters. The predicted octanol–water partition coefficient (Wildman–Crippen LogP) is 4.13. The maximum absolute atomic E-state index is 12.8. The number of halogens is 1. The van der Waals surface area contributed by atoms with Gasteiger partial charge in [-0.25, -0.2) is 0 Å². The molecule has 1 unspecified atom stereocenters. The number of anilines is 2. The first-order valence-corrected chi connectivity index (χ1v) is 9.57. The van der Waals surface area contributed by atoms with Crippen LogP contribution in [-0.2, 0) is 9.59 Å². The van der Waals surface area contributed by atoms with Gasteiger partial charge in [0.15, 0.2) is 0 Å². The summed E-state index contributed by atoms with van der Waals surface area (Å²) in [4.78, 5) is 26.9. The smallest absolute Gasteiger partial charge is 0.229 e. The van der Waals surface area contributed by atoms with E-state index in [1.54, 1.807) is 36.3 Å². The lowest BCUT2D eigenvalue weighted by Gasteiger charge is -2.18. The molecule has 0 radical (unpaired) electrons. The monoisotopic (exact) mass is 402 g/mol. The van der Waals surface area contributed by atoms with E-state index in [0.29, 0.717) is 35.4 Å². The lowest BCUT2D eigenvalue weighted by atomic mass is 10.1. The molecule has 0 aromatic heterocycles. The summed E-state index contributed by atoms with van der Waals surface area (Å²) in [6.07, 6.45) is 0.997. The van der Waals surface area contributed by atoms with Crippen LogP contribution in [0.25, 0.3) is 0 Å². The number of methoxy groups -OCH3 is 1. The molecular weight excluding hydrogens is 380 g/mol. The number of hydrogen-bond acceptors (Lipinski definition) is 4. The molecule has 7 heteroatoms. The van der Waals surface area contributed by atoms with Crippen molar-refractivity contribution in [3.05, 3.63) is 47.5 Å². The third-order valence-corrected chi connectivity index (χ3v) is 4.76. The number of rotatable bonds is 7. The van der Waals surface area contributed by atoms with Crippen LogP contribution in [0.3, 0.4) is 0 Å². The Hall–Kier alpha value is -2.73. The van der Waals surface area contributed by atoms with Gasteiger partial charge >= 0.3 is 0 Å². The number of hydrogen-bond donors (Lipinski definition) is 1. The Labute approximate surface area is 169 Å². The molecule has 6 nitrogen and oxygen atoms in total. The first-order chi connectivity index (χ1) is 13.5. The van der Waals surface area contributed by atoms with E-state index in [4.69, 9.17) is 21.1 Å². The first kappa shape index (κ1) is 20.0. The van der Waals surface area contributed by atoms with Crippen LogP contribution < -0.4 is 19.7 Å². The fraction of sp³-hybridized carbons (Fsp3) is 0.333. The predicted molar refractivity (Wildman–Crippen MR) is 109 cm³/mol. The molecule has 0 spiro atoms. The molecule has 0 saturated carbocycles. The van der Waals surface area contributed by atoms with E-state index in [0.717, 1.165) is 12.1 Å². The Balaban J connectivity index is 1.72. The number of amides is 2. The molecular formula is C21H23ClN2O4. The topological polar surface area (TPSA) is 67.9 Å². The molecule has 1 aliphatic rings. The molecule has 148 valence electrons. The number of ether oxygens (including phenoxy) is 2. The summed E-state index contributed by atoms with van der Waals surface area (Å²) < 4.78 is 10.9. The lowest BCUT2D eigenvalue weighted by molar-refractivity contribution is -0.122. The SMILES string of the molecule is CCCOc1ccc(Cl)cc1NC(=O)C1CC(=O)N(c2cccc(OC)c2)C1. The molecule has 1 N–H and O–H groups in total. The van der Waals surface area contributed by atoms with E-state index in [1.807, 2.05) is 25.1 Å². The molecule has 2 aromatic rings. The Morgan fingerprint density at radius 2 is 2.11 bits per heavy atom. The minimum atomic E-state index is -0.461. The Kier molecular flexibility index (Phi) is 6.41. The highest BCUT2D eigenvalue weighted by Gasteiger charge is 2.35. The molecule has 0 bridgehead atoms. The van der Waals surface area contributed by atoms with Gasteiger partial charge in [0.1, 0.15) is 11.5 Å². The second-order valence-electron chi connectivity index (χ2n) is 6.59. The zero-order valence-electron chi connectivity index (χ0n) is 15.9. The van der Waals surface area contributed by atoms with Crippen LogP contribution in [0, 0.1) is 5.92 Å². The standard InChI is InChI=1S/C21H23ClN2O4/c1-3-9-28-19-8-7-15(22)11-18(19)23-21(26)14-10-20(25)24(13-14)16-5-4-6-17(12-16)27-2/h4-8,11-12,14H,3,9-10,13H2,1-2H3,(H,23,26). The average molecular weight is 403 g/mol. The second kappa shape index (κ2) is 8.97. The van der Waals surface area contributed by atoms with E-state index in [-0.39, 0.29) is 18.2 Å². The van der Waals surface area contributed by atoms with Crippen molar-refractivity contribution in [3.63, 3.8) is 0 Å². The van der Waals surface area contributed by atoms with Crippen molar-refractivity contribution in [3.8, 4) is 11.5 Å². The van der Waals surface area contributed by atoms with Crippen molar-refractivity contribution in [1.29, 1.82) is 0 Å². The van der Waals surface area contributed by atoms with Gasteiger partial charge in [0.2, 0.25) is 11.8 Å². The van der Waals surface area contributed by atoms with Crippen LogP contribution in [0.4, 0.5) is 11.4 Å². The third kappa shape index (κ3) is 4.57. The Morgan fingerprint density at radius 1 is 1.29 bits per heavy atom. The molecule has 0 aliphatic carbocycles. The van der Waals surface area contributed by atoms with E-state index >= 15 is 0 Å². The van der Waals surface area contributed by atoms with Crippen molar-refractivity contribution < 1.29 is 19.1 Å². The highest BCUT2D eigenvalue weighted by Crippen LogP contribution is 2.31. The van der Waals surface area contributed by atoms with Crippen LogP contribution in [0.5, 0.6) is 11.5 Å². The van der Waals surface area contributed by atoms with Crippen LogP contribution in [0.1, 0.15) is 19.8 Å². The van der Waals surface area contributed by atoms with Gasteiger partial charge < -0.3 is 19.7 Å². The van der Waals surface area contributed by atoms with Crippen molar-refractivity contribution in [2.75, 3.05) is 30.5 Å². The maximum atomic E-state index is 12.8. The minimum absolute atomic E-state index is 0.0954. The Bertz CT molecular complexity index is 871. The number of carbonyl (C=O) groups is 2. The van der Waals surface area contributed by atoms with E-state index in [9.17, 15) is 9.59 Å². The maximum Gasteiger partial charge on any atom is 0.229 e. The summed E-state index contributed by atoms with van der Waals surface area (Å²) >= 11 is 6.07. The van der Waals surface area contributed by atoms with Gasteiger partial charge in [0.05, 0.1) is 25.3 Å². The second-order valence-corrected chi connectivity index (χ2v) is 7.02. The summed E-state index contributed by atoms with van der Waals surface area (Å²) in [5, 5.41) is 3.37. The van der Waals surface area contributed by atoms with Gasteiger partial charge in [-0.1, -0.05) is 24.6 Å². The normalized spacial score (nSPS) is 16.2. The van der Waals surface area contributed by atoms with Gasteiger partial charge in [0, 0.05) is 29.7 Å². The quantitative estimate of drug-likeness (QED) is 0.756. The summed E-state index contributed by atoms with van der Waals surface area (Å²) in [5.41, 5.74) is 1.23. The van der Waals surface area contributed by atoms with Crippen molar-refractivity contribution in [2.45, 2.75) is 19.8 Å². The third-order valence-electron chi connectivity index (χ3n) is 4.52. The summed E-state index contributed by atoms with van der Waals surface area (Å²) in [6.45, 7) is 2.85. The summed E-state index contributed by atoms with van der Waals surface area (Å²) in [7, 11) is 1.57. The van der Waals surface area contributed by atoms with Crippen molar-refractivity contribution >= 4 is 34.8 Å². The molecule has 1 fully saturated rings. The number of carbonyl (C=O) groups excluding carboxylic acids is 2. The van der Waals surface area contributed by atoms with E-state index in [2.05, 4.69) is 5.32 Å². The van der Waals surface area contributed by atoms with Gasteiger partial charge in [-0.15, -0.1) is 0 Å². The zero-order valence-corrected chi connectivity index (χ0v) is 16.7. The molecule has 1 saturated heterocycles. The molecule has 1 heterocycles. The highest BCUT2D eigenvalue weighted by atomic mass is 35.5. The molecule has 2 amide bonds. The van der Waals surface area contributed by atoms with Crippen LogP contribution in [-0.4, -0.2) is 32.1 Å². The largest absolute Gasteiger partial charge is 0.497 e. The average Bonchev–Trinajstić information content (AvgIpc) is 3.09. The van der Waals surface area contributed by atoms with Crippen LogP contribution in [0.2, 0.25) is 5.02 Å². The number of benzene rings is 2. The van der Waals surface area contributed by atoms with Crippen molar-refractivity contribution in [2.24, 2.45) is 5.92 Å². The van der Waals surface area contributed by atoms with E-state index in [1.165, 1.54) is 0 Å². The fourth-order valence-electron chi connectivity index (χ4n) is 3.08. The fourth-order valence-corrected chi connectivity index (χ4v) is 3.26. The summed E-state index contributed by atoms with van der Waals surface area (Å²) in [6, 6.07) is 12.3. The van der Waals surface area contributed by atoms with Crippen LogP contribution in [0.15, 0.2) is 42.5 Å². The van der Waals surface area contributed by atoms with E-state index < -0.39 is 5.92 Å². The number of nitrogens with one attached hydrogen (secondary N) is 1.